The fraction of sp³-hybridized carbons (Fsp3) is 0.348. The Bertz CT molecular complexity index is 1110. The summed E-state index contributed by atoms with van der Waals surface area (Å²) >= 11 is 0. The summed E-state index contributed by atoms with van der Waals surface area (Å²) < 4.78 is 2.00. The number of nitrogens with two attached hydrogens (primary N) is 1. The fourth-order valence-electron chi connectivity index (χ4n) is 3.55. The van der Waals surface area contributed by atoms with Crippen LogP contribution in [0.5, 0.6) is 0 Å². The van der Waals surface area contributed by atoms with Crippen LogP contribution in [0.3, 0.4) is 0 Å². The molecule has 0 saturated heterocycles. The van der Waals surface area contributed by atoms with Gasteiger partial charge in [-0.2, -0.15) is 5.10 Å². The predicted octanol–water partition coefficient (Wildman–Crippen LogP) is 4.10. The van der Waals surface area contributed by atoms with Crippen LogP contribution in [0.1, 0.15) is 62.8 Å². The molecule has 2 heterocycles. The summed E-state index contributed by atoms with van der Waals surface area (Å²) in [5.41, 5.74) is 10.5. The standard InChI is InChI=1S/C23H28N8/c1-4-15(3)23-25-22(20(24)5-2)28-31(23)14-16-10-12-17(13-11-16)18-8-6-7-9-19(18)21-26-29-30-27-21/h6-13,15,20H,4-5,14,24H2,1-3H3,(H,26,27,29,30). The third-order valence-corrected chi connectivity index (χ3v) is 5.67. The molecule has 2 unspecified atom stereocenters. The van der Waals surface area contributed by atoms with Gasteiger partial charge >= 0.3 is 0 Å². The summed E-state index contributed by atoms with van der Waals surface area (Å²) in [6.07, 6.45) is 1.82. The summed E-state index contributed by atoms with van der Waals surface area (Å²) in [6, 6.07) is 16.5. The highest BCUT2D eigenvalue weighted by molar-refractivity contribution is 5.80. The van der Waals surface area contributed by atoms with Crippen molar-refractivity contribution in [2.24, 2.45) is 5.73 Å². The van der Waals surface area contributed by atoms with E-state index in [4.69, 9.17) is 15.8 Å². The number of tetrazole rings is 1. The van der Waals surface area contributed by atoms with E-state index < -0.39 is 0 Å². The second-order valence-corrected chi connectivity index (χ2v) is 7.80. The molecule has 0 radical (unpaired) electrons. The molecule has 4 aromatic rings. The average molecular weight is 417 g/mol. The van der Waals surface area contributed by atoms with Crippen molar-refractivity contribution in [3.8, 4) is 22.5 Å². The second-order valence-electron chi connectivity index (χ2n) is 7.80. The molecule has 8 heteroatoms. The summed E-state index contributed by atoms with van der Waals surface area (Å²) in [7, 11) is 0. The van der Waals surface area contributed by atoms with Gasteiger partial charge in [0.1, 0.15) is 5.82 Å². The quantitative estimate of drug-likeness (QED) is 0.447. The van der Waals surface area contributed by atoms with E-state index in [1.807, 2.05) is 22.9 Å². The van der Waals surface area contributed by atoms with Crippen LogP contribution >= 0.6 is 0 Å². The molecule has 160 valence electrons. The van der Waals surface area contributed by atoms with E-state index in [9.17, 15) is 0 Å². The molecule has 0 aliphatic rings. The Morgan fingerprint density at radius 3 is 2.39 bits per heavy atom. The van der Waals surface area contributed by atoms with Gasteiger partial charge in [-0.25, -0.2) is 14.8 Å². The third-order valence-electron chi connectivity index (χ3n) is 5.67. The number of hydrogen-bond donors (Lipinski definition) is 2. The Morgan fingerprint density at radius 2 is 1.74 bits per heavy atom. The van der Waals surface area contributed by atoms with Gasteiger partial charge in [0, 0.05) is 11.5 Å². The van der Waals surface area contributed by atoms with Crippen LogP contribution < -0.4 is 5.73 Å². The molecule has 0 aliphatic carbocycles. The molecule has 31 heavy (non-hydrogen) atoms. The van der Waals surface area contributed by atoms with Gasteiger partial charge in [0.05, 0.1) is 12.6 Å². The Hall–Kier alpha value is -3.39. The number of rotatable bonds is 8. The second kappa shape index (κ2) is 9.18. The highest BCUT2D eigenvalue weighted by atomic mass is 15.5. The molecule has 2 aromatic heterocycles. The van der Waals surface area contributed by atoms with Crippen LogP contribution in [0, 0.1) is 0 Å². The normalized spacial score (nSPS) is 13.3. The lowest BCUT2D eigenvalue weighted by atomic mass is 9.98. The molecule has 0 saturated carbocycles. The molecule has 3 N–H and O–H groups in total. The number of H-pyrrole nitrogens is 1. The molecule has 2 aromatic carbocycles. The van der Waals surface area contributed by atoms with Crippen LogP contribution in [0.2, 0.25) is 0 Å². The zero-order valence-electron chi connectivity index (χ0n) is 18.2. The van der Waals surface area contributed by atoms with Gasteiger partial charge < -0.3 is 5.73 Å². The van der Waals surface area contributed by atoms with Crippen molar-refractivity contribution in [1.82, 2.24) is 35.4 Å². The fourth-order valence-corrected chi connectivity index (χ4v) is 3.55. The Morgan fingerprint density at radius 1 is 1.00 bits per heavy atom. The van der Waals surface area contributed by atoms with Gasteiger partial charge in [-0.3, -0.25) is 0 Å². The van der Waals surface area contributed by atoms with Gasteiger partial charge in [-0.15, -0.1) is 5.10 Å². The first kappa shape index (κ1) is 20.9. The predicted molar refractivity (Wildman–Crippen MR) is 120 cm³/mol. The molecular weight excluding hydrogens is 388 g/mol. The van der Waals surface area contributed by atoms with Gasteiger partial charge in [-0.05, 0) is 40.0 Å². The van der Waals surface area contributed by atoms with Crippen molar-refractivity contribution in [2.45, 2.75) is 52.1 Å². The van der Waals surface area contributed by atoms with Crippen molar-refractivity contribution in [2.75, 3.05) is 0 Å². The SMILES string of the molecule is CCC(C)c1nc(C(N)CC)nn1Cc1ccc(-c2ccccc2-c2nnn[nH]2)cc1. The molecule has 0 bridgehead atoms. The van der Waals surface area contributed by atoms with Crippen molar-refractivity contribution in [3.05, 3.63) is 65.7 Å². The van der Waals surface area contributed by atoms with Gasteiger partial charge in [-0.1, -0.05) is 69.3 Å². The largest absolute Gasteiger partial charge is 0.321 e. The minimum atomic E-state index is -0.131. The van der Waals surface area contributed by atoms with E-state index in [1.54, 1.807) is 0 Å². The van der Waals surface area contributed by atoms with Crippen molar-refractivity contribution in [3.63, 3.8) is 0 Å². The Kier molecular flexibility index (Phi) is 6.18. The highest BCUT2D eigenvalue weighted by Crippen LogP contribution is 2.30. The van der Waals surface area contributed by atoms with Crippen molar-refractivity contribution >= 4 is 0 Å². The number of nitrogens with one attached hydrogen (secondary N) is 1. The highest BCUT2D eigenvalue weighted by Gasteiger charge is 2.18. The summed E-state index contributed by atoms with van der Waals surface area (Å²) in [4.78, 5) is 4.76. The zero-order chi connectivity index (χ0) is 21.8. The number of aromatic amines is 1. The summed E-state index contributed by atoms with van der Waals surface area (Å²) in [5.74, 6) is 2.70. The number of hydrogen-bond acceptors (Lipinski definition) is 6. The molecule has 0 amide bonds. The third kappa shape index (κ3) is 4.39. The van der Waals surface area contributed by atoms with E-state index >= 15 is 0 Å². The minimum absolute atomic E-state index is 0.131. The Balaban J connectivity index is 1.62. The summed E-state index contributed by atoms with van der Waals surface area (Å²) in [5, 5.41) is 19.0. The monoisotopic (exact) mass is 416 g/mol. The van der Waals surface area contributed by atoms with Crippen LogP contribution in [0.4, 0.5) is 0 Å². The molecule has 8 nitrogen and oxygen atoms in total. The first-order chi connectivity index (χ1) is 15.1. The van der Waals surface area contributed by atoms with Crippen LogP contribution in [0.15, 0.2) is 48.5 Å². The van der Waals surface area contributed by atoms with Crippen LogP contribution in [0.25, 0.3) is 22.5 Å². The van der Waals surface area contributed by atoms with Crippen LogP contribution in [-0.4, -0.2) is 35.4 Å². The van der Waals surface area contributed by atoms with Gasteiger partial charge in [0.25, 0.3) is 0 Å². The van der Waals surface area contributed by atoms with Crippen molar-refractivity contribution in [1.29, 1.82) is 0 Å². The smallest absolute Gasteiger partial charge is 0.180 e. The number of aromatic nitrogens is 7. The van der Waals surface area contributed by atoms with E-state index in [1.165, 1.54) is 0 Å². The molecule has 2 atom stereocenters. The molecule has 4 rings (SSSR count). The number of nitrogens with zero attached hydrogens (tertiary/aromatic N) is 6. The van der Waals surface area contributed by atoms with E-state index in [2.05, 4.69) is 71.7 Å². The Labute approximate surface area is 181 Å². The lowest BCUT2D eigenvalue weighted by Gasteiger charge is -2.12. The van der Waals surface area contributed by atoms with Gasteiger partial charge in [0.2, 0.25) is 0 Å². The number of benzene rings is 2. The van der Waals surface area contributed by atoms with E-state index in [-0.39, 0.29) is 6.04 Å². The molecule has 0 aliphatic heterocycles. The lowest BCUT2D eigenvalue weighted by Crippen LogP contribution is -2.12. The maximum Gasteiger partial charge on any atom is 0.180 e. The summed E-state index contributed by atoms with van der Waals surface area (Å²) in [6.45, 7) is 7.07. The van der Waals surface area contributed by atoms with Crippen LogP contribution in [-0.2, 0) is 6.54 Å². The molecule has 0 spiro atoms. The van der Waals surface area contributed by atoms with Crippen molar-refractivity contribution < 1.29 is 0 Å². The molecular formula is C23H28N8. The topological polar surface area (TPSA) is 111 Å². The van der Waals surface area contributed by atoms with E-state index in [0.29, 0.717) is 18.3 Å². The first-order valence-electron chi connectivity index (χ1n) is 10.7. The molecule has 0 fully saturated rings. The average Bonchev–Trinajstić information content (AvgIpc) is 3.49. The lowest BCUT2D eigenvalue weighted by molar-refractivity contribution is 0.570. The maximum absolute atomic E-state index is 6.20. The minimum Gasteiger partial charge on any atom is -0.321 e. The zero-order valence-corrected chi connectivity index (χ0v) is 18.2. The maximum atomic E-state index is 6.20. The first-order valence-corrected chi connectivity index (χ1v) is 10.7. The van der Waals surface area contributed by atoms with E-state index in [0.717, 1.165) is 46.7 Å². The van der Waals surface area contributed by atoms with Gasteiger partial charge in [0.15, 0.2) is 11.6 Å².